The Kier molecular flexibility index (Phi) is 10.3. The minimum atomic E-state index is -0.989. The highest BCUT2D eigenvalue weighted by Gasteiger charge is 2.11. The van der Waals surface area contributed by atoms with Gasteiger partial charge in [0.15, 0.2) is 0 Å². The van der Waals surface area contributed by atoms with Gasteiger partial charge in [0.05, 0.1) is 12.1 Å². The Morgan fingerprint density at radius 3 is 1.88 bits per heavy atom. The van der Waals surface area contributed by atoms with Crippen LogP contribution in [0.2, 0.25) is 0 Å². The Bertz CT molecular complexity index is 1400. The fourth-order valence-corrected chi connectivity index (χ4v) is 3.74. The molecule has 0 spiro atoms. The average Bonchev–Trinajstić information content (AvgIpc) is 2.99. The van der Waals surface area contributed by atoms with E-state index in [1.807, 2.05) is 84.9 Å². The van der Waals surface area contributed by atoms with Crippen molar-refractivity contribution < 1.29 is 29.0 Å². The second kappa shape index (κ2) is 14.7. The lowest BCUT2D eigenvalue weighted by Gasteiger charge is -2.11. The van der Waals surface area contributed by atoms with Gasteiger partial charge in [-0.2, -0.15) is 0 Å². The van der Waals surface area contributed by atoms with E-state index in [1.165, 1.54) is 7.11 Å². The lowest BCUT2D eigenvalue weighted by molar-refractivity contribution is -0.135. The van der Waals surface area contributed by atoms with Gasteiger partial charge in [-0.3, -0.25) is 4.79 Å². The van der Waals surface area contributed by atoms with Gasteiger partial charge in [0.25, 0.3) is 0 Å². The fraction of sp³-hybridized carbons (Fsp3) is 0.156. The molecule has 8 nitrogen and oxygen atoms in total. The zero-order valence-corrected chi connectivity index (χ0v) is 22.1. The summed E-state index contributed by atoms with van der Waals surface area (Å²) in [4.78, 5) is 21.7. The Hall–Kier alpha value is -5.11. The smallest absolute Gasteiger partial charge is 0.309 e. The molecule has 0 saturated carbocycles. The molecule has 0 bridgehead atoms. The second-order valence-corrected chi connectivity index (χ2v) is 8.70. The molecule has 0 fully saturated rings. The summed E-state index contributed by atoms with van der Waals surface area (Å²) in [5.41, 5.74) is 4.52. The molecule has 1 N–H and O–H groups in total. The molecule has 0 amide bonds. The number of carbonyl (C=O) groups is 1. The van der Waals surface area contributed by atoms with Crippen LogP contribution in [0.15, 0.2) is 120 Å². The zero-order chi connectivity index (χ0) is 28.0. The van der Waals surface area contributed by atoms with Crippen molar-refractivity contribution in [1.82, 2.24) is 0 Å². The number of hydrogen-bond donors (Lipinski definition) is 1. The van der Waals surface area contributed by atoms with Crippen LogP contribution < -0.4 is 9.47 Å². The summed E-state index contributed by atoms with van der Waals surface area (Å²) in [7, 11) is 1.51. The van der Waals surface area contributed by atoms with Crippen LogP contribution in [-0.2, 0) is 27.7 Å². The highest BCUT2D eigenvalue weighted by atomic mass is 16.6. The van der Waals surface area contributed by atoms with Crippen LogP contribution >= 0.6 is 0 Å². The topological polar surface area (TPSA) is 98.9 Å². The van der Waals surface area contributed by atoms with E-state index in [2.05, 4.69) is 10.3 Å². The van der Waals surface area contributed by atoms with Gasteiger partial charge in [-0.15, -0.1) is 0 Å². The lowest BCUT2D eigenvalue weighted by Crippen LogP contribution is -2.13. The molecule has 4 aromatic carbocycles. The van der Waals surface area contributed by atoms with Gasteiger partial charge in [-0.25, -0.2) is 0 Å². The van der Waals surface area contributed by atoms with Crippen molar-refractivity contribution in [1.29, 1.82) is 0 Å². The van der Waals surface area contributed by atoms with Crippen molar-refractivity contribution >= 4 is 17.4 Å². The van der Waals surface area contributed by atoms with Crippen molar-refractivity contribution in [3.05, 3.63) is 131 Å². The van der Waals surface area contributed by atoms with Gasteiger partial charge in [0.2, 0.25) is 0 Å². The molecule has 0 radical (unpaired) electrons. The van der Waals surface area contributed by atoms with Gasteiger partial charge in [-0.05, 0) is 47.5 Å². The van der Waals surface area contributed by atoms with Crippen molar-refractivity contribution in [3.8, 4) is 11.5 Å². The third-order valence-corrected chi connectivity index (χ3v) is 5.77. The standard InChI is InChI=1S/C32H30N2O6/c1-37-33-31(26-10-6-3-7-11-26)23-39-28-16-12-25(13-17-28)21-38-29-18-14-27(15-19-29)30(20-32(35)36)34-40-22-24-8-4-2-5-9-24/h2-19H,20-23H2,1H3,(H,35,36). The highest BCUT2D eigenvalue weighted by Crippen LogP contribution is 2.18. The third kappa shape index (κ3) is 8.73. The molecule has 0 unspecified atom stereocenters. The van der Waals surface area contributed by atoms with E-state index >= 15 is 0 Å². The molecular formula is C32H30N2O6. The van der Waals surface area contributed by atoms with E-state index in [-0.39, 0.29) is 19.6 Å². The molecule has 0 aliphatic heterocycles. The third-order valence-electron chi connectivity index (χ3n) is 5.77. The van der Waals surface area contributed by atoms with Gasteiger partial charge in [-0.1, -0.05) is 83.1 Å². The Labute approximate surface area is 233 Å². The summed E-state index contributed by atoms with van der Waals surface area (Å²) in [6.07, 6.45) is -0.256. The molecule has 0 aliphatic rings. The summed E-state index contributed by atoms with van der Waals surface area (Å²) in [6, 6.07) is 34.0. The number of oxime groups is 2. The van der Waals surface area contributed by atoms with Crippen molar-refractivity contribution in [3.63, 3.8) is 0 Å². The Balaban J connectivity index is 1.30. The van der Waals surface area contributed by atoms with Crippen LogP contribution in [0, 0.1) is 0 Å². The molecule has 0 heterocycles. The first-order chi connectivity index (χ1) is 19.6. The van der Waals surface area contributed by atoms with E-state index in [0.29, 0.717) is 35.1 Å². The zero-order valence-electron chi connectivity index (χ0n) is 22.1. The normalized spacial score (nSPS) is 11.5. The highest BCUT2D eigenvalue weighted by molar-refractivity contribution is 6.08. The SMILES string of the molecule is CON=C(COc1ccc(COc2ccc(C(CC(=O)O)=NOCc3ccccc3)cc2)cc1)c1ccccc1. The van der Waals surface area contributed by atoms with E-state index in [0.717, 1.165) is 16.7 Å². The van der Waals surface area contributed by atoms with Crippen molar-refractivity contribution in [2.24, 2.45) is 10.3 Å². The van der Waals surface area contributed by atoms with Gasteiger partial charge >= 0.3 is 5.97 Å². The number of carboxylic acids is 1. The molecule has 8 heteroatoms. The molecule has 0 saturated heterocycles. The second-order valence-electron chi connectivity index (χ2n) is 8.70. The predicted molar refractivity (Wildman–Crippen MR) is 153 cm³/mol. The minimum absolute atomic E-state index is 0.254. The number of nitrogens with zero attached hydrogens (tertiary/aromatic N) is 2. The molecule has 40 heavy (non-hydrogen) atoms. The van der Waals surface area contributed by atoms with Gasteiger partial charge in [0, 0.05) is 11.1 Å². The number of aliphatic carboxylic acids is 1. The van der Waals surface area contributed by atoms with Crippen LogP contribution in [0.25, 0.3) is 0 Å². The predicted octanol–water partition coefficient (Wildman–Crippen LogP) is 6.09. The first kappa shape index (κ1) is 27.9. The maximum absolute atomic E-state index is 11.4. The van der Waals surface area contributed by atoms with E-state index < -0.39 is 5.97 Å². The quantitative estimate of drug-likeness (QED) is 0.154. The van der Waals surface area contributed by atoms with Crippen LogP contribution in [0.3, 0.4) is 0 Å². The van der Waals surface area contributed by atoms with Crippen LogP contribution in [0.4, 0.5) is 0 Å². The number of benzene rings is 4. The maximum atomic E-state index is 11.4. The van der Waals surface area contributed by atoms with E-state index in [1.54, 1.807) is 24.3 Å². The molecule has 204 valence electrons. The maximum Gasteiger partial charge on any atom is 0.309 e. The summed E-state index contributed by atoms with van der Waals surface area (Å²) in [5, 5.41) is 17.5. The summed E-state index contributed by atoms with van der Waals surface area (Å²) < 4.78 is 11.8. The lowest BCUT2D eigenvalue weighted by atomic mass is 10.1. The van der Waals surface area contributed by atoms with E-state index in [9.17, 15) is 9.90 Å². The monoisotopic (exact) mass is 538 g/mol. The largest absolute Gasteiger partial charge is 0.489 e. The van der Waals surface area contributed by atoms with Crippen LogP contribution in [-0.4, -0.2) is 36.2 Å². The first-order valence-corrected chi connectivity index (χ1v) is 12.7. The Morgan fingerprint density at radius 2 is 1.23 bits per heavy atom. The van der Waals surface area contributed by atoms with Crippen molar-refractivity contribution in [2.45, 2.75) is 19.6 Å². The number of rotatable bonds is 14. The van der Waals surface area contributed by atoms with Gasteiger partial charge < -0.3 is 24.3 Å². The molecular weight excluding hydrogens is 508 g/mol. The first-order valence-electron chi connectivity index (χ1n) is 12.7. The number of ether oxygens (including phenoxy) is 2. The van der Waals surface area contributed by atoms with Crippen molar-refractivity contribution in [2.75, 3.05) is 13.7 Å². The van der Waals surface area contributed by atoms with Crippen LogP contribution in [0.5, 0.6) is 11.5 Å². The molecule has 4 rings (SSSR count). The fourth-order valence-electron chi connectivity index (χ4n) is 3.74. The summed E-state index contributed by atoms with van der Waals surface area (Å²) >= 11 is 0. The number of hydrogen-bond acceptors (Lipinski definition) is 7. The molecule has 0 aromatic heterocycles. The number of carboxylic acid groups (broad SMARTS) is 1. The molecule has 0 aliphatic carbocycles. The summed E-state index contributed by atoms with van der Waals surface area (Å²) in [6.45, 7) is 0.880. The molecule has 0 atom stereocenters. The average molecular weight is 539 g/mol. The van der Waals surface area contributed by atoms with Gasteiger partial charge in [0.1, 0.15) is 44.1 Å². The summed E-state index contributed by atoms with van der Waals surface area (Å²) in [5.74, 6) is 0.358. The minimum Gasteiger partial charge on any atom is -0.489 e. The molecule has 4 aromatic rings. The Morgan fingerprint density at radius 1 is 0.650 bits per heavy atom. The van der Waals surface area contributed by atoms with E-state index in [4.69, 9.17) is 19.1 Å². The van der Waals surface area contributed by atoms with Crippen LogP contribution in [0.1, 0.15) is 28.7 Å².